The predicted octanol–water partition coefficient (Wildman–Crippen LogP) is 3.91. The van der Waals surface area contributed by atoms with Crippen molar-refractivity contribution in [2.24, 2.45) is 0 Å². The molecule has 1 aliphatic rings. The molecule has 0 N–H and O–H groups in total. The van der Waals surface area contributed by atoms with Crippen molar-refractivity contribution in [3.63, 3.8) is 0 Å². The van der Waals surface area contributed by atoms with Crippen molar-refractivity contribution in [2.45, 2.75) is 31.7 Å². The Hall–Kier alpha value is -1.88. The molecular weight excluding hydrogens is 296 g/mol. The Morgan fingerprint density at radius 2 is 2.09 bits per heavy atom. The number of methoxy groups -OCH3 is 1. The van der Waals surface area contributed by atoms with E-state index >= 15 is 0 Å². The highest BCUT2D eigenvalue weighted by molar-refractivity contribution is 7.07. The van der Waals surface area contributed by atoms with E-state index in [0.29, 0.717) is 5.69 Å². The van der Waals surface area contributed by atoms with Gasteiger partial charge in [-0.3, -0.25) is 4.79 Å². The Kier molecular flexibility index (Phi) is 4.73. The number of rotatable bonds is 3. The van der Waals surface area contributed by atoms with Crippen LogP contribution in [0.15, 0.2) is 35.2 Å². The summed E-state index contributed by atoms with van der Waals surface area (Å²) >= 11 is 1.46. The number of nitrogens with zero attached hydrogens (tertiary/aromatic N) is 2. The fourth-order valence-corrected chi connectivity index (χ4v) is 3.52. The Morgan fingerprint density at radius 1 is 1.27 bits per heavy atom. The van der Waals surface area contributed by atoms with Crippen molar-refractivity contribution in [3.05, 3.63) is 46.4 Å². The lowest BCUT2D eigenvalue weighted by atomic mass is 10.0. The molecule has 0 unspecified atom stereocenters. The van der Waals surface area contributed by atoms with Crippen LogP contribution in [0.4, 0.5) is 0 Å². The maximum Gasteiger partial charge on any atom is 0.273 e. The second-order valence-corrected chi connectivity index (χ2v) is 6.23. The number of aromatic nitrogens is 1. The second kappa shape index (κ2) is 6.92. The highest BCUT2D eigenvalue weighted by Gasteiger charge is 2.28. The maximum atomic E-state index is 12.8. The summed E-state index contributed by atoms with van der Waals surface area (Å²) in [6.45, 7) is 0.799. The number of carbonyl (C=O) groups excluding carboxylic acids is 1. The van der Waals surface area contributed by atoms with Gasteiger partial charge in [-0.25, -0.2) is 4.98 Å². The molecule has 22 heavy (non-hydrogen) atoms. The second-order valence-electron chi connectivity index (χ2n) is 5.51. The molecule has 3 rings (SSSR count). The SMILES string of the molecule is COc1ccc([C@@H]2CCCCCN2C(=O)c2cscn2)cc1. The summed E-state index contributed by atoms with van der Waals surface area (Å²) in [5.74, 6) is 0.888. The number of hydrogen-bond acceptors (Lipinski definition) is 4. The molecule has 0 saturated carbocycles. The van der Waals surface area contributed by atoms with E-state index in [0.717, 1.165) is 31.6 Å². The molecule has 1 aromatic heterocycles. The standard InChI is InChI=1S/C17H20N2O2S/c1-21-14-8-6-13(7-9-14)16-5-3-2-4-10-19(16)17(20)15-11-22-12-18-15/h6-9,11-12,16H,2-5,10H2,1H3/t16-/m0/s1. The lowest BCUT2D eigenvalue weighted by Crippen LogP contribution is -2.35. The van der Waals surface area contributed by atoms with E-state index in [2.05, 4.69) is 17.1 Å². The lowest BCUT2D eigenvalue weighted by Gasteiger charge is -2.30. The van der Waals surface area contributed by atoms with Crippen molar-refractivity contribution in [2.75, 3.05) is 13.7 Å². The van der Waals surface area contributed by atoms with Crippen LogP contribution in [0.2, 0.25) is 0 Å². The van der Waals surface area contributed by atoms with Gasteiger partial charge in [0.1, 0.15) is 11.4 Å². The first kappa shape index (κ1) is 15.0. The molecule has 2 aromatic rings. The van der Waals surface area contributed by atoms with E-state index in [1.165, 1.54) is 23.3 Å². The minimum atomic E-state index is 0.0453. The quantitative estimate of drug-likeness (QED) is 0.862. The number of likely N-dealkylation sites (tertiary alicyclic amines) is 1. The van der Waals surface area contributed by atoms with Gasteiger partial charge in [-0.2, -0.15) is 0 Å². The van der Waals surface area contributed by atoms with Gasteiger partial charge in [0.05, 0.1) is 18.7 Å². The monoisotopic (exact) mass is 316 g/mol. The third-order valence-corrected chi connectivity index (χ3v) is 4.75. The maximum absolute atomic E-state index is 12.8. The number of amides is 1. The number of hydrogen-bond donors (Lipinski definition) is 0. The van der Waals surface area contributed by atoms with Crippen molar-refractivity contribution >= 4 is 17.2 Å². The zero-order valence-electron chi connectivity index (χ0n) is 12.7. The summed E-state index contributed by atoms with van der Waals surface area (Å²) in [6.07, 6.45) is 4.38. The Balaban J connectivity index is 1.88. The number of benzene rings is 1. The van der Waals surface area contributed by atoms with Crippen molar-refractivity contribution < 1.29 is 9.53 Å². The van der Waals surface area contributed by atoms with E-state index in [9.17, 15) is 4.79 Å². The minimum absolute atomic E-state index is 0.0453. The van der Waals surface area contributed by atoms with E-state index in [-0.39, 0.29) is 11.9 Å². The van der Waals surface area contributed by atoms with Gasteiger partial charge in [-0.1, -0.05) is 25.0 Å². The first-order chi connectivity index (χ1) is 10.8. The molecule has 1 aromatic carbocycles. The van der Waals surface area contributed by atoms with Crippen LogP contribution in [0, 0.1) is 0 Å². The van der Waals surface area contributed by atoms with Crippen LogP contribution < -0.4 is 4.74 Å². The fraction of sp³-hybridized carbons (Fsp3) is 0.412. The molecule has 1 aliphatic heterocycles. The molecule has 4 nitrogen and oxygen atoms in total. The largest absolute Gasteiger partial charge is 0.497 e. The van der Waals surface area contributed by atoms with E-state index < -0.39 is 0 Å². The summed E-state index contributed by atoms with van der Waals surface area (Å²) in [4.78, 5) is 18.9. The molecular formula is C17H20N2O2S. The molecule has 0 bridgehead atoms. The molecule has 1 amide bonds. The third-order valence-electron chi connectivity index (χ3n) is 4.17. The van der Waals surface area contributed by atoms with Crippen LogP contribution in [0.1, 0.15) is 47.8 Å². The molecule has 5 heteroatoms. The fourth-order valence-electron chi connectivity index (χ4n) is 2.99. The highest BCUT2D eigenvalue weighted by Crippen LogP contribution is 2.32. The minimum Gasteiger partial charge on any atom is -0.497 e. The van der Waals surface area contributed by atoms with Crippen LogP contribution in [0.25, 0.3) is 0 Å². The van der Waals surface area contributed by atoms with Crippen molar-refractivity contribution in [1.82, 2.24) is 9.88 Å². The summed E-state index contributed by atoms with van der Waals surface area (Å²) in [5, 5.41) is 1.83. The average Bonchev–Trinajstić information content (AvgIpc) is 2.99. The molecule has 0 radical (unpaired) electrons. The molecule has 1 fully saturated rings. The van der Waals surface area contributed by atoms with Gasteiger partial charge in [-0.05, 0) is 30.5 Å². The van der Waals surface area contributed by atoms with Crippen LogP contribution in [0.3, 0.4) is 0 Å². The molecule has 0 aliphatic carbocycles. The van der Waals surface area contributed by atoms with Crippen LogP contribution in [-0.4, -0.2) is 29.4 Å². The Bertz CT molecular complexity index is 610. The van der Waals surface area contributed by atoms with Gasteiger partial charge in [-0.15, -0.1) is 11.3 Å². The predicted molar refractivity (Wildman–Crippen MR) is 87.4 cm³/mol. The summed E-state index contributed by atoms with van der Waals surface area (Å²) in [6, 6.07) is 8.19. The molecule has 1 atom stereocenters. The van der Waals surface area contributed by atoms with E-state index in [1.807, 2.05) is 22.4 Å². The number of thiazole rings is 1. The summed E-state index contributed by atoms with van der Waals surface area (Å²) < 4.78 is 5.23. The van der Waals surface area contributed by atoms with Gasteiger partial charge >= 0.3 is 0 Å². The van der Waals surface area contributed by atoms with E-state index in [4.69, 9.17) is 4.74 Å². The number of ether oxygens (including phenoxy) is 1. The summed E-state index contributed by atoms with van der Waals surface area (Å²) in [7, 11) is 1.67. The van der Waals surface area contributed by atoms with Crippen molar-refractivity contribution in [1.29, 1.82) is 0 Å². The molecule has 1 saturated heterocycles. The van der Waals surface area contributed by atoms with Gasteiger partial charge < -0.3 is 9.64 Å². The van der Waals surface area contributed by atoms with Gasteiger partial charge in [0.15, 0.2) is 0 Å². The first-order valence-electron chi connectivity index (χ1n) is 7.62. The number of carbonyl (C=O) groups is 1. The van der Waals surface area contributed by atoms with Gasteiger partial charge in [0, 0.05) is 11.9 Å². The van der Waals surface area contributed by atoms with E-state index in [1.54, 1.807) is 12.6 Å². The Labute approximate surface area is 134 Å². The average molecular weight is 316 g/mol. The summed E-state index contributed by atoms with van der Waals surface area (Å²) in [5.41, 5.74) is 3.45. The topological polar surface area (TPSA) is 42.4 Å². The molecule has 116 valence electrons. The molecule has 2 heterocycles. The van der Waals surface area contributed by atoms with Crippen LogP contribution in [-0.2, 0) is 0 Å². The zero-order chi connectivity index (χ0) is 15.4. The normalized spacial score (nSPS) is 18.8. The third kappa shape index (κ3) is 3.14. The van der Waals surface area contributed by atoms with Gasteiger partial charge in [0.2, 0.25) is 0 Å². The van der Waals surface area contributed by atoms with Crippen LogP contribution in [0.5, 0.6) is 5.75 Å². The highest BCUT2D eigenvalue weighted by atomic mass is 32.1. The van der Waals surface area contributed by atoms with Crippen molar-refractivity contribution in [3.8, 4) is 5.75 Å². The molecule has 0 spiro atoms. The lowest BCUT2D eigenvalue weighted by molar-refractivity contribution is 0.0675. The zero-order valence-corrected chi connectivity index (χ0v) is 13.5. The smallest absolute Gasteiger partial charge is 0.273 e. The van der Waals surface area contributed by atoms with Crippen LogP contribution >= 0.6 is 11.3 Å². The van der Waals surface area contributed by atoms with Gasteiger partial charge in [0.25, 0.3) is 5.91 Å². The Morgan fingerprint density at radius 3 is 2.77 bits per heavy atom. The first-order valence-corrected chi connectivity index (χ1v) is 8.57.